The largest absolute Gasteiger partial charge is 0.383 e. The Morgan fingerprint density at radius 2 is 1.92 bits per heavy atom. The Balaban J connectivity index is 1.51. The van der Waals surface area contributed by atoms with E-state index in [0.717, 1.165) is 5.69 Å². The van der Waals surface area contributed by atoms with Gasteiger partial charge < -0.3 is 20.3 Å². The summed E-state index contributed by atoms with van der Waals surface area (Å²) < 4.78 is 5.07. The fourth-order valence-corrected chi connectivity index (χ4v) is 4.17. The highest BCUT2D eigenvalue weighted by Crippen LogP contribution is 2.23. The van der Waals surface area contributed by atoms with Crippen molar-refractivity contribution < 1.29 is 19.1 Å². The van der Waals surface area contributed by atoms with Crippen molar-refractivity contribution in [3.05, 3.63) is 75.0 Å². The van der Waals surface area contributed by atoms with Crippen LogP contribution in [-0.4, -0.2) is 65.9 Å². The van der Waals surface area contributed by atoms with Gasteiger partial charge in [-0.05, 0) is 30.3 Å². The van der Waals surface area contributed by atoms with Gasteiger partial charge in [0.1, 0.15) is 6.54 Å². The summed E-state index contributed by atoms with van der Waals surface area (Å²) >= 11 is 13.2. The third-order valence-electron chi connectivity index (χ3n) is 4.92. The number of pyridine rings is 1. The van der Waals surface area contributed by atoms with Gasteiger partial charge in [-0.25, -0.2) is 4.98 Å². The number of halogens is 2. The van der Waals surface area contributed by atoms with E-state index in [0.29, 0.717) is 34.4 Å². The number of carbonyl (C=O) groups excluding carboxylic acids is 3. The minimum atomic E-state index is -0.430. The lowest BCUT2D eigenvalue weighted by molar-refractivity contribution is -0.120. The number of thiazole rings is 1. The summed E-state index contributed by atoms with van der Waals surface area (Å²) in [7, 11) is 1.51. The van der Waals surface area contributed by atoms with Crippen molar-refractivity contribution in [1.29, 1.82) is 0 Å². The van der Waals surface area contributed by atoms with Crippen LogP contribution in [0.1, 0.15) is 21.7 Å². The first kappa shape index (κ1) is 27.5. The van der Waals surface area contributed by atoms with Gasteiger partial charge in [-0.3, -0.25) is 19.4 Å². The molecule has 3 amide bonds. The van der Waals surface area contributed by atoms with E-state index >= 15 is 0 Å². The van der Waals surface area contributed by atoms with Crippen molar-refractivity contribution in [1.82, 2.24) is 20.2 Å². The topological polar surface area (TPSA) is 114 Å². The molecule has 190 valence electrons. The normalized spacial score (nSPS) is 10.6. The number of methoxy groups -OCH3 is 1. The Kier molecular flexibility index (Phi) is 10.6. The zero-order valence-corrected chi connectivity index (χ0v) is 21.8. The van der Waals surface area contributed by atoms with Gasteiger partial charge in [-0.1, -0.05) is 29.3 Å². The average molecular weight is 550 g/mol. The maximum atomic E-state index is 12.9. The van der Waals surface area contributed by atoms with E-state index in [2.05, 4.69) is 20.6 Å². The number of rotatable bonds is 12. The quantitative estimate of drug-likeness (QED) is 0.357. The maximum absolute atomic E-state index is 12.9. The molecule has 0 unspecified atom stereocenters. The lowest BCUT2D eigenvalue weighted by atomic mass is 10.2. The Bertz CT molecular complexity index is 1190. The van der Waals surface area contributed by atoms with Crippen LogP contribution in [0.25, 0.3) is 0 Å². The van der Waals surface area contributed by atoms with Crippen molar-refractivity contribution in [3.63, 3.8) is 0 Å². The molecule has 0 aliphatic carbocycles. The Morgan fingerprint density at radius 1 is 1.08 bits per heavy atom. The van der Waals surface area contributed by atoms with Crippen LogP contribution in [-0.2, 0) is 27.2 Å². The molecular formula is C24H25Cl2N5O4S. The van der Waals surface area contributed by atoms with E-state index < -0.39 is 5.91 Å². The summed E-state index contributed by atoms with van der Waals surface area (Å²) in [5.41, 5.74) is 1.74. The highest BCUT2D eigenvalue weighted by Gasteiger charge is 2.20. The van der Waals surface area contributed by atoms with Crippen molar-refractivity contribution in [2.24, 2.45) is 0 Å². The SMILES string of the molecule is COCCN(CC(=O)Nc1nc(CC(=O)NCCc2ccccn2)cs1)C(=O)c1ccc(Cl)c(Cl)c1. The van der Waals surface area contributed by atoms with Crippen LogP contribution < -0.4 is 10.6 Å². The van der Waals surface area contributed by atoms with Gasteiger partial charge >= 0.3 is 0 Å². The van der Waals surface area contributed by atoms with Crippen LogP contribution in [0.2, 0.25) is 10.0 Å². The van der Waals surface area contributed by atoms with Crippen LogP contribution in [0, 0.1) is 0 Å². The van der Waals surface area contributed by atoms with Crippen LogP contribution >= 0.6 is 34.5 Å². The zero-order valence-electron chi connectivity index (χ0n) is 19.5. The first-order valence-electron chi connectivity index (χ1n) is 11.0. The molecule has 2 heterocycles. The van der Waals surface area contributed by atoms with E-state index in [1.54, 1.807) is 17.6 Å². The fraction of sp³-hybridized carbons (Fsp3) is 0.292. The molecule has 0 spiro atoms. The lowest BCUT2D eigenvalue weighted by Crippen LogP contribution is -2.40. The molecule has 2 N–H and O–H groups in total. The van der Waals surface area contributed by atoms with E-state index in [-0.39, 0.29) is 43.0 Å². The number of anilines is 1. The molecule has 0 aliphatic heterocycles. The Labute approximate surface area is 222 Å². The Hall–Kier alpha value is -3.05. The van der Waals surface area contributed by atoms with Gasteiger partial charge in [0.2, 0.25) is 11.8 Å². The van der Waals surface area contributed by atoms with Gasteiger partial charge in [0, 0.05) is 49.5 Å². The highest BCUT2D eigenvalue weighted by molar-refractivity contribution is 7.13. The molecule has 3 rings (SSSR count). The summed E-state index contributed by atoms with van der Waals surface area (Å²) in [6, 6.07) is 10.2. The molecular weight excluding hydrogens is 525 g/mol. The zero-order chi connectivity index (χ0) is 25.9. The molecule has 0 saturated carbocycles. The number of amides is 3. The van der Waals surface area contributed by atoms with Crippen LogP contribution in [0.5, 0.6) is 0 Å². The van der Waals surface area contributed by atoms with Gasteiger partial charge in [0.25, 0.3) is 5.91 Å². The summed E-state index contributed by atoms with van der Waals surface area (Å²) in [5, 5.41) is 8.13. The molecule has 3 aromatic rings. The monoisotopic (exact) mass is 549 g/mol. The van der Waals surface area contributed by atoms with Crippen LogP contribution in [0.4, 0.5) is 5.13 Å². The lowest BCUT2D eigenvalue weighted by Gasteiger charge is -2.22. The molecule has 12 heteroatoms. The molecule has 9 nitrogen and oxygen atoms in total. The van der Waals surface area contributed by atoms with Crippen molar-refractivity contribution in [2.45, 2.75) is 12.8 Å². The molecule has 0 aliphatic rings. The minimum Gasteiger partial charge on any atom is -0.383 e. The summed E-state index contributed by atoms with van der Waals surface area (Å²) in [6.45, 7) is 0.696. The van der Waals surface area contributed by atoms with Gasteiger partial charge in [-0.2, -0.15) is 0 Å². The number of carbonyl (C=O) groups is 3. The maximum Gasteiger partial charge on any atom is 0.254 e. The Morgan fingerprint density at radius 3 is 2.64 bits per heavy atom. The summed E-state index contributed by atoms with van der Waals surface area (Å²) in [6.07, 6.45) is 2.43. The fourth-order valence-electron chi connectivity index (χ4n) is 3.15. The average Bonchev–Trinajstić information content (AvgIpc) is 3.29. The number of aromatic nitrogens is 2. The third kappa shape index (κ3) is 8.56. The predicted octanol–water partition coefficient (Wildman–Crippen LogP) is 3.47. The number of benzene rings is 1. The summed E-state index contributed by atoms with van der Waals surface area (Å²) in [5.74, 6) is -0.990. The number of nitrogens with zero attached hydrogens (tertiary/aromatic N) is 3. The molecule has 0 saturated heterocycles. The van der Waals surface area contributed by atoms with E-state index in [1.165, 1.54) is 35.5 Å². The second kappa shape index (κ2) is 13.9. The van der Waals surface area contributed by atoms with E-state index in [1.807, 2.05) is 18.2 Å². The second-order valence-corrected chi connectivity index (χ2v) is 9.31. The molecule has 0 radical (unpaired) electrons. The molecule has 0 bridgehead atoms. The molecule has 2 aromatic heterocycles. The van der Waals surface area contributed by atoms with E-state index in [4.69, 9.17) is 27.9 Å². The summed E-state index contributed by atoms with van der Waals surface area (Å²) in [4.78, 5) is 47.6. The molecule has 1 aromatic carbocycles. The first-order valence-corrected chi connectivity index (χ1v) is 12.6. The van der Waals surface area contributed by atoms with E-state index in [9.17, 15) is 14.4 Å². The van der Waals surface area contributed by atoms with Crippen LogP contribution in [0.15, 0.2) is 48.0 Å². The third-order valence-corrected chi connectivity index (χ3v) is 6.47. The van der Waals surface area contributed by atoms with Gasteiger partial charge in [0.05, 0.1) is 28.8 Å². The standard InChI is InChI=1S/C24H25Cl2N5O4S/c1-35-11-10-31(23(34)16-5-6-19(25)20(26)12-16)14-22(33)30-24-29-18(15-36-24)13-21(32)28-9-7-17-4-2-3-8-27-17/h2-6,8,12,15H,7,9-11,13-14H2,1H3,(H,28,32)(H,29,30,33). The molecule has 36 heavy (non-hydrogen) atoms. The molecule has 0 fully saturated rings. The minimum absolute atomic E-state index is 0.0877. The highest BCUT2D eigenvalue weighted by atomic mass is 35.5. The first-order chi connectivity index (χ1) is 17.4. The predicted molar refractivity (Wildman–Crippen MR) is 140 cm³/mol. The van der Waals surface area contributed by atoms with Crippen LogP contribution in [0.3, 0.4) is 0 Å². The van der Waals surface area contributed by atoms with Crippen molar-refractivity contribution in [2.75, 3.05) is 38.7 Å². The number of ether oxygens (including phenoxy) is 1. The smallest absolute Gasteiger partial charge is 0.254 e. The number of hydrogen-bond acceptors (Lipinski definition) is 7. The van der Waals surface area contributed by atoms with Crippen molar-refractivity contribution >= 4 is 57.4 Å². The molecule has 0 atom stereocenters. The van der Waals surface area contributed by atoms with Gasteiger partial charge in [0.15, 0.2) is 5.13 Å². The van der Waals surface area contributed by atoms with Gasteiger partial charge in [-0.15, -0.1) is 11.3 Å². The second-order valence-electron chi connectivity index (χ2n) is 7.64. The van der Waals surface area contributed by atoms with Crippen molar-refractivity contribution in [3.8, 4) is 0 Å². The number of hydrogen-bond donors (Lipinski definition) is 2. The number of nitrogens with one attached hydrogen (secondary N) is 2.